The van der Waals surface area contributed by atoms with Crippen molar-refractivity contribution < 1.29 is 14.2 Å². The molecular formula is C21H24N4O3. The molecule has 0 aliphatic carbocycles. The molecule has 1 aromatic heterocycles. The van der Waals surface area contributed by atoms with Crippen molar-refractivity contribution in [1.29, 1.82) is 0 Å². The van der Waals surface area contributed by atoms with Gasteiger partial charge in [0.15, 0.2) is 0 Å². The van der Waals surface area contributed by atoms with Crippen molar-refractivity contribution in [3.8, 4) is 34.0 Å². The van der Waals surface area contributed by atoms with Crippen molar-refractivity contribution in [2.45, 2.75) is 6.42 Å². The first-order valence-corrected chi connectivity index (χ1v) is 9.01. The van der Waals surface area contributed by atoms with Crippen molar-refractivity contribution >= 4 is 5.95 Å². The van der Waals surface area contributed by atoms with E-state index in [-0.39, 0.29) is 0 Å². The van der Waals surface area contributed by atoms with Crippen LogP contribution < -0.4 is 14.8 Å². The van der Waals surface area contributed by atoms with Gasteiger partial charge in [0, 0.05) is 31.4 Å². The van der Waals surface area contributed by atoms with Gasteiger partial charge in [-0.2, -0.15) is 0 Å². The smallest absolute Gasteiger partial charge is 0.243 e. The molecule has 146 valence electrons. The maximum Gasteiger partial charge on any atom is 0.243 e. The van der Waals surface area contributed by atoms with Gasteiger partial charge in [-0.05, 0) is 30.7 Å². The SMILES string of the molecule is COCCCNc1nnc(-c2cccc(OC)c2)c(-c2cccc(OC)c2)n1. The van der Waals surface area contributed by atoms with Crippen LogP contribution in [0.15, 0.2) is 48.5 Å². The third-order valence-corrected chi connectivity index (χ3v) is 4.18. The van der Waals surface area contributed by atoms with E-state index >= 15 is 0 Å². The van der Waals surface area contributed by atoms with E-state index in [2.05, 4.69) is 15.5 Å². The first-order valence-electron chi connectivity index (χ1n) is 9.01. The van der Waals surface area contributed by atoms with Crippen LogP contribution in [0.2, 0.25) is 0 Å². The number of nitrogens with zero attached hydrogens (tertiary/aromatic N) is 3. The molecule has 3 rings (SSSR count). The summed E-state index contributed by atoms with van der Waals surface area (Å²) in [6.45, 7) is 1.37. The maximum atomic E-state index is 5.37. The fourth-order valence-electron chi connectivity index (χ4n) is 2.75. The Morgan fingerprint density at radius 1 is 0.821 bits per heavy atom. The standard InChI is InChI=1S/C21H24N4O3/c1-26-12-6-11-22-21-23-19(15-7-4-9-17(13-15)27-2)20(24-25-21)16-8-5-10-18(14-16)28-3/h4-5,7-10,13-14H,6,11-12H2,1-3H3,(H,22,23,25). The minimum atomic E-state index is 0.473. The molecule has 1 N–H and O–H groups in total. The highest BCUT2D eigenvalue weighted by atomic mass is 16.5. The van der Waals surface area contributed by atoms with E-state index in [0.29, 0.717) is 24.8 Å². The Morgan fingerprint density at radius 2 is 1.46 bits per heavy atom. The third-order valence-electron chi connectivity index (χ3n) is 4.18. The molecule has 0 saturated heterocycles. The zero-order valence-electron chi connectivity index (χ0n) is 16.3. The molecule has 0 atom stereocenters. The van der Waals surface area contributed by atoms with Crippen molar-refractivity contribution in [1.82, 2.24) is 15.2 Å². The van der Waals surface area contributed by atoms with E-state index in [1.807, 2.05) is 48.5 Å². The van der Waals surface area contributed by atoms with E-state index < -0.39 is 0 Å². The minimum absolute atomic E-state index is 0.473. The number of ether oxygens (including phenoxy) is 3. The molecule has 0 radical (unpaired) electrons. The first kappa shape index (κ1) is 19.6. The molecular weight excluding hydrogens is 356 g/mol. The summed E-state index contributed by atoms with van der Waals surface area (Å²) in [5.41, 5.74) is 3.17. The highest BCUT2D eigenvalue weighted by molar-refractivity contribution is 5.79. The first-order chi connectivity index (χ1) is 13.7. The van der Waals surface area contributed by atoms with Gasteiger partial charge in [0.1, 0.15) is 22.9 Å². The van der Waals surface area contributed by atoms with Crippen LogP contribution in [-0.4, -0.2) is 49.7 Å². The van der Waals surface area contributed by atoms with Crippen LogP contribution in [0.3, 0.4) is 0 Å². The van der Waals surface area contributed by atoms with Gasteiger partial charge in [-0.25, -0.2) is 4.98 Å². The van der Waals surface area contributed by atoms with Crippen LogP contribution in [0.5, 0.6) is 11.5 Å². The largest absolute Gasteiger partial charge is 0.497 e. The molecule has 28 heavy (non-hydrogen) atoms. The van der Waals surface area contributed by atoms with Gasteiger partial charge in [-0.3, -0.25) is 0 Å². The summed E-state index contributed by atoms with van der Waals surface area (Å²) in [4.78, 5) is 4.73. The summed E-state index contributed by atoms with van der Waals surface area (Å²) in [6.07, 6.45) is 0.853. The van der Waals surface area contributed by atoms with Crippen molar-refractivity contribution in [3.05, 3.63) is 48.5 Å². The Kier molecular flexibility index (Phi) is 6.75. The summed E-state index contributed by atoms with van der Waals surface area (Å²) < 4.78 is 15.8. The molecule has 0 spiro atoms. The van der Waals surface area contributed by atoms with E-state index in [1.54, 1.807) is 21.3 Å². The molecule has 0 aliphatic heterocycles. The summed E-state index contributed by atoms with van der Waals surface area (Å²) in [7, 11) is 4.96. The average molecular weight is 380 g/mol. The predicted octanol–water partition coefficient (Wildman–Crippen LogP) is 3.67. The molecule has 7 nitrogen and oxygen atoms in total. The van der Waals surface area contributed by atoms with E-state index in [9.17, 15) is 0 Å². The van der Waals surface area contributed by atoms with Gasteiger partial charge in [0.05, 0.1) is 14.2 Å². The zero-order chi connectivity index (χ0) is 19.8. The molecule has 0 bridgehead atoms. The number of hydrogen-bond donors (Lipinski definition) is 1. The van der Waals surface area contributed by atoms with Gasteiger partial charge in [0.2, 0.25) is 5.95 Å². The monoisotopic (exact) mass is 380 g/mol. The molecule has 2 aromatic carbocycles. The Morgan fingerprint density at radius 3 is 2.07 bits per heavy atom. The molecule has 0 amide bonds. The Hall–Kier alpha value is -3.19. The second kappa shape index (κ2) is 9.66. The molecule has 0 aliphatic rings. The van der Waals surface area contributed by atoms with Crippen molar-refractivity contribution in [3.63, 3.8) is 0 Å². The molecule has 7 heteroatoms. The van der Waals surface area contributed by atoms with Crippen molar-refractivity contribution in [2.75, 3.05) is 39.8 Å². The number of hydrogen-bond acceptors (Lipinski definition) is 7. The predicted molar refractivity (Wildman–Crippen MR) is 109 cm³/mol. The molecule has 1 heterocycles. The van der Waals surface area contributed by atoms with Crippen LogP contribution in [0.25, 0.3) is 22.5 Å². The van der Waals surface area contributed by atoms with E-state index in [1.165, 1.54) is 0 Å². The number of anilines is 1. The summed E-state index contributed by atoms with van der Waals surface area (Å²) >= 11 is 0. The van der Waals surface area contributed by atoms with Gasteiger partial charge in [0.25, 0.3) is 0 Å². The molecule has 3 aromatic rings. The topological polar surface area (TPSA) is 78.4 Å². The lowest BCUT2D eigenvalue weighted by atomic mass is 10.0. The molecule has 0 saturated carbocycles. The van der Waals surface area contributed by atoms with Gasteiger partial charge >= 0.3 is 0 Å². The maximum absolute atomic E-state index is 5.37. The average Bonchev–Trinajstić information content (AvgIpc) is 2.76. The third kappa shape index (κ3) is 4.75. The number of aromatic nitrogens is 3. The van der Waals surface area contributed by atoms with Gasteiger partial charge < -0.3 is 19.5 Å². The number of benzene rings is 2. The summed E-state index contributed by atoms with van der Waals surface area (Å²) in [6, 6.07) is 15.4. The Balaban J connectivity index is 2.02. The number of nitrogens with one attached hydrogen (secondary N) is 1. The van der Waals surface area contributed by atoms with Crippen molar-refractivity contribution in [2.24, 2.45) is 0 Å². The van der Waals surface area contributed by atoms with Gasteiger partial charge in [-0.15, -0.1) is 10.2 Å². The van der Waals surface area contributed by atoms with Gasteiger partial charge in [-0.1, -0.05) is 24.3 Å². The van der Waals surface area contributed by atoms with Crippen LogP contribution in [0, 0.1) is 0 Å². The van der Waals surface area contributed by atoms with Crippen LogP contribution in [0.1, 0.15) is 6.42 Å². The highest BCUT2D eigenvalue weighted by Gasteiger charge is 2.15. The molecule has 0 fully saturated rings. The fraction of sp³-hybridized carbons (Fsp3) is 0.286. The summed E-state index contributed by atoms with van der Waals surface area (Å²) in [5, 5.41) is 11.9. The van der Waals surface area contributed by atoms with Crippen LogP contribution >= 0.6 is 0 Å². The quantitative estimate of drug-likeness (QED) is 0.567. The van der Waals surface area contributed by atoms with Crippen LogP contribution in [-0.2, 0) is 4.74 Å². The molecule has 0 unspecified atom stereocenters. The number of methoxy groups -OCH3 is 3. The summed E-state index contributed by atoms with van der Waals surface area (Å²) in [5.74, 6) is 1.97. The lowest BCUT2D eigenvalue weighted by Gasteiger charge is -2.12. The zero-order valence-corrected chi connectivity index (χ0v) is 16.3. The minimum Gasteiger partial charge on any atom is -0.497 e. The Labute approximate surface area is 164 Å². The number of rotatable bonds is 9. The lowest BCUT2D eigenvalue weighted by molar-refractivity contribution is 0.197. The second-order valence-electron chi connectivity index (χ2n) is 6.07. The van der Waals surface area contributed by atoms with E-state index in [4.69, 9.17) is 19.2 Å². The highest BCUT2D eigenvalue weighted by Crippen LogP contribution is 2.32. The van der Waals surface area contributed by atoms with Crippen LogP contribution in [0.4, 0.5) is 5.95 Å². The second-order valence-corrected chi connectivity index (χ2v) is 6.07. The van der Waals surface area contributed by atoms with E-state index in [0.717, 1.165) is 34.7 Å². The lowest BCUT2D eigenvalue weighted by Crippen LogP contribution is -2.10. The normalized spacial score (nSPS) is 10.5. The fourth-order valence-corrected chi connectivity index (χ4v) is 2.75. The Bertz CT molecular complexity index is 918.